The molecule has 0 radical (unpaired) electrons. The van der Waals surface area contributed by atoms with Gasteiger partial charge in [0, 0.05) is 24.2 Å². The van der Waals surface area contributed by atoms with Crippen LogP contribution in [-0.2, 0) is 10.0 Å². The molecule has 1 saturated carbocycles. The van der Waals surface area contributed by atoms with Gasteiger partial charge in [0.05, 0.1) is 4.90 Å². The van der Waals surface area contributed by atoms with Gasteiger partial charge in [-0.25, -0.2) is 8.42 Å². The van der Waals surface area contributed by atoms with Crippen molar-refractivity contribution >= 4 is 21.6 Å². The summed E-state index contributed by atoms with van der Waals surface area (Å²) in [5.74, 6) is 0.822. The van der Waals surface area contributed by atoms with E-state index in [1.54, 1.807) is 23.5 Å². The number of likely N-dealkylation sites (tertiary alicyclic amines) is 1. The van der Waals surface area contributed by atoms with E-state index in [4.69, 9.17) is 11.6 Å². The molecule has 6 heteroatoms. The molecule has 1 aliphatic carbocycles. The second kappa shape index (κ2) is 7.78. The van der Waals surface area contributed by atoms with Gasteiger partial charge in [0.25, 0.3) is 0 Å². The highest BCUT2D eigenvalue weighted by molar-refractivity contribution is 7.89. The van der Waals surface area contributed by atoms with Crippen LogP contribution in [0.5, 0.6) is 0 Å². The Kier molecular flexibility index (Phi) is 6.02. The lowest BCUT2D eigenvalue weighted by Crippen LogP contribution is -2.41. The fourth-order valence-corrected chi connectivity index (χ4v) is 6.28. The van der Waals surface area contributed by atoms with Crippen molar-refractivity contribution in [1.29, 1.82) is 0 Å². The molecule has 2 aliphatic rings. The standard InChI is InChI=1S/C20H31ClN2O2S/c1-14-7-9-23(10-8-14)18-6-5-17(13-18)22(4)26(24,25)20-12-15(2)19(21)11-16(20)3/h11-12,14,17-18H,5-10,13H2,1-4H3. The first-order valence-corrected chi connectivity index (χ1v) is 11.5. The fourth-order valence-electron chi connectivity index (χ4n) is 4.37. The predicted molar refractivity (Wildman–Crippen MR) is 107 cm³/mol. The van der Waals surface area contributed by atoms with Crippen molar-refractivity contribution in [2.75, 3.05) is 20.1 Å². The van der Waals surface area contributed by atoms with E-state index in [0.29, 0.717) is 21.5 Å². The highest BCUT2D eigenvalue weighted by Crippen LogP contribution is 2.34. The van der Waals surface area contributed by atoms with Crippen LogP contribution in [0.3, 0.4) is 0 Å². The molecule has 4 nitrogen and oxygen atoms in total. The molecule has 1 heterocycles. The molecular formula is C20H31ClN2O2S. The van der Waals surface area contributed by atoms with Crippen molar-refractivity contribution in [1.82, 2.24) is 9.21 Å². The number of piperidine rings is 1. The van der Waals surface area contributed by atoms with E-state index in [0.717, 1.165) is 43.8 Å². The zero-order chi connectivity index (χ0) is 19.1. The summed E-state index contributed by atoms with van der Waals surface area (Å²) in [5, 5.41) is 0.615. The van der Waals surface area contributed by atoms with E-state index >= 15 is 0 Å². The Morgan fingerprint density at radius 2 is 1.73 bits per heavy atom. The molecule has 1 saturated heterocycles. The van der Waals surface area contributed by atoms with Crippen LogP contribution < -0.4 is 0 Å². The van der Waals surface area contributed by atoms with Gasteiger partial charge in [-0.3, -0.25) is 0 Å². The van der Waals surface area contributed by atoms with Gasteiger partial charge in [-0.15, -0.1) is 0 Å². The van der Waals surface area contributed by atoms with Crippen LogP contribution in [-0.4, -0.2) is 49.8 Å². The van der Waals surface area contributed by atoms with Crippen LogP contribution in [0.15, 0.2) is 17.0 Å². The highest BCUT2D eigenvalue weighted by Gasteiger charge is 2.37. The second-order valence-electron chi connectivity index (χ2n) is 8.23. The average molecular weight is 399 g/mol. The first kappa shape index (κ1) is 20.1. The number of benzene rings is 1. The zero-order valence-electron chi connectivity index (χ0n) is 16.3. The van der Waals surface area contributed by atoms with Gasteiger partial charge >= 0.3 is 0 Å². The Morgan fingerprint density at radius 1 is 1.08 bits per heavy atom. The molecule has 26 heavy (non-hydrogen) atoms. The molecule has 0 amide bonds. The Labute approximate surface area is 163 Å². The molecule has 0 aromatic heterocycles. The topological polar surface area (TPSA) is 40.6 Å². The SMILES string of the molecule is Cc1cc(S(=O)(=O)N(C)C2CCC(N3CCC(C)CC3)C2)c(C)cc1Cl. The molecule has 2 unspecified atom stereocenters. The van der Waals surface area contributed by atoms with Gasteiger partial charge in [0.2, 0.25) is 10.0 Å². The highest BCUT2D eigenvalue weighted by atomic mass is 35.5. The van der Waals surface area contributed by atoms with Crippen LogP contribution in [0, 0.1) is 19.8 Å². The summed E-state index contributed by atoms with van der Waals surface area (Å²) in [4.78, 5) is 2.97. The summed E-state index contributed by atoms with van der Waals surface area (Å²) >= 11 is 6.14. The molecule has 0 bridgehead atoms. The van der Waals surface area contributed by atoms with E-state index in [1.807, 2.05) is 13.8 Å². The molecule has 3 rings (SSSR count). The first-order valence-electron chi connectivity index (χ1n) is 9.69. The van der Waals surface area contributed by atoms with Crippen LogP contribution in [0.4, 0.5) is 0 Å². The molecule has 1 aromatic carbocycles. The van der Waals surface area contributed by atoms with Crippen molar-refractivity contribution in [3.63, 3.8) is 0 Å². The normalized spacial score (nSPS) is 25.9. The van der Waals surface area contributed by atoms with Gasteiger partial charge in [0.15, 0.2) is 0 Å². The van der Waals surface area contributed by atoms with E-state index in [2.05, 4.69) is 11.8 Å². The van der Waals surface area contributed by atoms with E-state index < -0.39 is 10.0 Å². The lowest BCUT2D eigenvalue weighted by Gasteiger charge is -2.35. The molecular weight excluding hydrogens is 368 g/mol. The molecule has 1 aromatic rings. The summed E-state index contributed by atoms with van der Waals surface area (Å²) in [5.41, 5.74) is 1.52. The van der Waals surface area contributed by atoms with Gasteiger partial charge in [-0.05, 0) is 88.2 Å². The van der Waals surface area contributed by atoms with Crippen molar-refractivity contribution in [2.45, 2.75) is 69.9 Å². The van der Waals surface area contributed by atoms with Gasteiger partial charge in [0.1, 0.15) is 0 Å². The fraction of sp³-hybridized carbons (Fsp3) is 0.700. The smallest absolute Gasteiger partial charge is 0.243 e. The third kappa shape index (κ3) is 3.96. The maximum atomic E-state index is 13.2. The molecule has 0 N–H and O–H groups in total. The maximum Gasteiger partial charge on any atom is 0.243 e. The lowest BCUT2D eigenvalue weighted by atomic mass is 9.97. The van der Waals surface area contributed by atoms with Crippen LogP contribution in [0.25, 0.3) is 0 Å². The number of sulfonamides is 1. The van der Waals surface area contributed by atoms with Crippen molar-refractivity contribution in [3.05, 3.63) is 28.3 Å². The molecule has 2 atom stereocenters. The summed E-state index contributed by atoms with van der Waals surface area (Å²) in [6, 6.07) is 4.07. The average Bonchev–Trinajstić information content (AvgIpc) is 3.07. The molecule has 2 fully saturated rings. The van der Waals surface area contributed by atoms with E-state index in [1.165, 1.54) is 12.8 Å². The third-order valence-electron chi connectivity index (χ3n) is 6.34. The number of nitrogens with zero attached hydrogens (tertiary/aromatic N) is 2. The Balaban J connectivity index is 1.73. The quantitative estimate of drug-likeness (QED) is 0.761. The minimum Gasteiger partial charge on any atom is -0.300 e. The lowest BCUT2D eigenvalue weighted by molar-refractivity contribution is 0.136. The first-order chi connectivity index (χ1) is 12.2. The minimum atomic E-state index is -3.50. The number of rotatable bonds is 4. The number of hydrogen-bond acceptors (Lipinski definition) is 3. The largest absolute Gasteiger partial charge is 0.300 e. The summed E-state index contributed by atoms with van der Waals surface area (Å²) in [6.45, 7) is 8.31. The maximum absolute atomic E-state index is 13.2. The molecule has 0 spiro atoms. The van der Waals surface area contributed by atoms with Gasteiger partial charge in [-0.1, -0.05) is 18.5 Å². The van der Waals surface area contributed by atoms with E-state index in [9.17, 15) is 8.42 Å². The second-order valence-corrected chi connectivity index (χ2v) is 10.6. The molecule has 1 aliphatic heterocycles. The van der Waals surface area contributed by atoms with Crippen molar-refractivity contribution < 1.29 is 8.42 Å². The predicted octanol–water partition coefficient (Wildman–Crippen LogP) is 4.23. The number of aryl methyl sites for hydroxylation is 2. The van der Waals surface area contributed by atoms with Gasteiger partial charge in [-0.2, -0.15) is 4.31 Å². The summed E-state index contributed by atoms with van der Waals surface area (Å²) in [7, 11) is -1.76. The zero-order valence-corrected chi connectivity index (χ0v) is 17.9. The third-order valence-corrected chi connectivity index (χ3v) is 8.80. The minimum absolute atomic E-state index is 0.0831. The monoisotopic (exact) mass is 398 g/mol. The number of halogens is 1. The Hall–Kier alpha value is -0.620. The molecule has 146 valence electrons. The Bertz CT molecular complexity index is 757. The van der Waals surface area contributed by atoms with Crippen molar-refractivity contribution in [2.24, 2.45) is 5.92 Å². The van der Waals surface area contributed by atoms with Crippen LogP contribution >= 0.6 is 11.6 Å². The van der Waals surface area contributed by atoms with E-state index in [-0.39, 0.29) is 6.04 Å². The van der Waals surface area contributed by atoms with Crippen LogP contribution in [0.2, 0.25) is 5.02 Å². The number of hydrogen-bond donors (Lipinski definition) is 0. The van der Waals surface area contributed by atoms with Crippen LogP contribution in [0.1, 0.15) is 50.2 Å². The summed E-state index contributed by atoms with van der Waals surface area (Å²) < 4.78 is 28.0. The van der Waals surface area contributed by atoms with Crippen molar-refractivity contribution in [3.8, 4) is 0 Å². The van der Waals surface area contributed by atoms with Gasteiger partial charge < -0.3 is 4.90 Å². The Morgan fingerprint density at radius 3 is 2.38 bits per heavy atom. The summed E-state index contributed by atoms with van der Waals surface area (Å²) in [6.07, 6.45) is 5.50.